The molecule has 2 nitrogen and oxygen atoms in total. The van der Waals surface area contributed by atoms with Gasteiger partial charge in [0.1, 0.15) is 5.82 Å². The summed E-state index contributed by atoms with van der Waals surface area (Å²) in [5, 5.41) is 3.55. The Hall–Kier alpha value is -1.09. The van der Waals surface area contributed by atoms with E-state index in [-0.39, 0.29) is 5.82 Å². The first-order valence-corrected chi connectivity index (χ1v) is 6.46. The van der Waals surface area contributed by atoms with Crippen LogP contribution in [0.4, 0.5) is 10.1 Å². The number of piperazine rings is 1. The first-order chi connectivity index (χ1) is 8.20. The molecule has 0 bridgehead atoms. The quantitative estimate of drug-likeness (QED) is 0.868. The molecular formula is C14H21FN2. The number of nitrogens with one attached hydrogen (secondary N) is 1. The van der Waals surface area contributed by atoms with Gasteiger partial charge in [-0.1, -0.05) is 19.4 Å². The number of hydrogen-bond acceptors (Lipinski definition) is 2. The van der Waals surface area contributed by atoms with Gasteiger partial charge in [0.05, 0.1) is 0 Å². The second kappa shape index (κ2) is 5.50. The van der Waals surface area contributed by atoms with Crippen molar-refractivity contribution < 1.29 is 4.39 Å². The highest BCUT2D eigenvalue weighted by molar-refractivity contribution is 5.48. The van der Waals surface area contributed by atoms with Crippen molar-refractivity contribution >= 4 is 5.69 Å². The third-order valence-electron chi connectivity index (χ3n) is 3.43. The summed E-state index contributed by atoms with van der Waals surface area (Å²) >= 11 is 0. The molecule has 1 heterocycles. The van der Waals surface area contributed by atoms with Gasteiger partial charge in [-0.3, -0.25) is 0 Å². The lowest BCUT2D eigenvalue weighted by Gasteiger charge is -2.40. The number of anilines is 1. The summed E-state index contributed by atoms with van der Waals surface area (Å²) in [6, 6.07) is 7.86. The van der Waals surface area contributed by atoms with Crippen LogP contribution in [0, 0.1) is 5.82 Å². The van der Waals surface area contributed by atoms with Crippen LogP contribution in [-0.4, -0.2) is 25.2 Å². The predicted octanol–water partition coefficient (Wildman–Crippen LogP) is 2.79. The highest BCUT2D eigenvalue weighted by Gasteiger charge is 2.24. The average Bonchev–Trinajstić information content (AvgIpc) is 2.32. The van der Waals surface area contributed by atoms with E-state index in [1.807, 2.05) is 6.07 Å². The Kier molecular flexibility index (Phi) is 4.00. The van der Waals surface area contributed by atoms with Crippen LogP contribution in [0.15, 0.2) is 24.3 Å². The molecule has 0 spiro atoms. The Labute approximate surface area is 103 Å². The minimum Gasteiger partial charge on any atom is -0.366 e. The molecule has 94 valence electrons. The van der Waals surface area contributed by atoms with Crippen LogP contribution in [0.3, 0.4) is 0 Å². The summed E-state index contributed by atoms with van der Waals surface area (Å²) in [5.74, 6) is -0.153. The smallest absolute Gasteiger partial charge is 0.125 e. The molecule has 1 N–H and O–H groups in total. The van der Waals surface area contributed by atoms with Crippen LogP contribution in [0.1, 0.15) is 26.7 Å². The molecule has 2 atom stereocenters. The van der Waals surface area contributed by atoms with E-state index in [0.717, 1.165) is 18.8 Å². The molecule has 2 rings (SSSR count). The molecule has 17 heavy (non-hydrogen) atoms. The van der Waals surface area contributed by atoms with Gasteiger partial charge in [-0.2, -0.15) is 0 Å². The molecule has 1 fully saturated rings. The number of halogens is 1. The topological polar surface area (TPSA) is 15.3 Å². The molecule has 1 aromatic carbocycles. The van der Waals surface area contributed by atoms with Gasteiger partial charge in [-0.15, -0.1) is 0 Å². The molecule has 0 radical (unpaired) electrons. The van der Waals surface area contributed by atoms with Crippen molar-refractivity contribution in [3.8, 4) is 0 Å². The minimum atomic E-state index is -0.153. The molecule has 1 aliphatic heterocycles. The van der Waals surface area contributed by atoms with E-state index < -0.39 is 0 Å². The van der Waals surface area contributed by atoms with Crippen molar-refractivity contribution in [1.29, 1.82) is 0 Å². The van der Waals surface area contributed by atoms with Crippen LogP contribution in [0.25, 0.3) is 0 Å². The van der Waals surface area contributed by atoms with E-state index in [4.69, 9.17) is 0 Å². The zero-order valence-corrected chi connectivity index (χ0v) is 10.6. The Bertz CT molecular complexity index is 367. The summed E-state index contributed by atoms with van der Waals surface area (Å²) in [6.07, 6.45) is 2.36. The average molecular weight is 236 g/mol. The van der Waals surface area contributed by atoms with E-state index in [1.165, 1.54) is 18.9 Å². The van der Waals surface area contributed by atoms with Crippen LogP contribution in [0.5, 0.6) is 0 Å². The minimum absolute atomic E-state index is 0.153. The summed E-state index contributed by atoms with van der Waals surface area (Å²) < 4.78 is 13.3. The van der Waals surface area contributed by atoms with Gasteiger partial charge < -0.3 is 10.2 Å². The number of benzene rings is 1. The lowest BCUT2D eigenvalue weighted by Crippen LogP contribution is -2.55. The van der Waals surface area contributed by atoms with Crippen molar-refractivity contribution in [3.63, 3.8) is 0 Å². The second-order valence-corrected chi connectivity index (χ2v) is 4.88. The van der Waals surface area contributed by atoms with Crippen LogP contribution >= 0.6 is 0 Å². The first kappa shape index (κ1) is 12.4. The largest absolute Gasteiger partial charge is 0.366 e. The number of nitrogens with zero attached hydrogens (tertiary/aromatic N) is 1. The Morgan fingerprint density at radius 2 is 2.29 bits per heavy atom. The highest BCUT2D eigenvalue weighted by Crippen LogP contribution is 2.21. The van der Waals surface area contributed by atoms with Gasteiger partial charge in [0.15, 0.2) is 0 Å². The fourth-order valence-electron chi connectivity index (χ4n) is 2.49. The lowest BCUT2D eigenvalue weighted by atomic mass is 10.1. The van der Waals surface area contributed by atoms with E-state index in [0.29, 0.717) is 12.1 Å². The van der Waals surface area contributed by atoms with Crippen molar-refractivity contribution in [3.05, 3.63) is 30.1 Å². The fraction of sp³-hybridized carbons (Fsp3) is 0.571. The molecule has 0 amide bonds. The van der Waals surface area contributed by atoms with Crippen molar-refractivity contribution in [2.24, 2.45) is 0 Å². The maximum absolute atomic E-state index is 13.3. The molecule has 0 aromatic heterocycles. The summed E-state index contributed by atoms with van der Waals surface area (Å²) in [7, 11) is 0. The van der Waals surface area contributed by atoms with Gasteiger partial charge in [-0.05, 0) is 31.5 Å². The molecule has 0 saturated carbocycles. The molecule has 2 unspecified atom stereocenters. The Morgan fingerprint density at radius 1 is 1.47 bits per heavy atom. The van der Waals surface area contributed by atoms with Gasteiger partial charge in [0.25, 0.3) is 0 Å². The predicted molar refractivity (Wildman–Crippen MR) is 69.9 cm³/mol. The molecule has 1 aliphatic rings. The SMILES string of the molecule is CCCC1CN(c2cccc(F)c2)C(C)CN1. The summed E-state index contributed by atoms with van der Waals surface area (Å²) in [4.78, 5) is 2.31. The summed E-state index contributed by atoms with van der Waals surface area (Å²) in [5.41, 5.74) is 1.00. The molecule has 1 saturated heterocycles. The third kappa shape index (κ3) is 2.97. The standard InChI is InChI=1S/C14H21FN2/c1-3-5-13-10-17(11(2)9-16-13)14-7-4-6-12(15)8-14/h4,6-8,11,13,16H,3,5,9-10H2,1-2H3. The van der Waals surface area contributed by atoms with Crippen molar-refractivity contribution in [2.75, 3.05) is 18.0 Å². The van der Waals surface area contributed by atoms with Crippen molar-refractivity contribution in [2.45, 2.75) is 38.8 Å². The molecule has 3 heteroatoms. The lowest BCUT2D eigenvalue weighted by molar-refractivity contribution is 0.386. The fourth-order valence-corrected chi connectivity index (χ4v) is 2.49. The zero-order chi connectivity index (χ0) is 12.3. The van der Waals surface area contributed by atoms with Crippen LogP contribution in [0.2, 0.25) is 0 Å². The number of rotatable bonds is 3. The Balaban J connectivity index is 2.12. The highest BCUT2D eigenvalue weighted by atomic mass is 19.1. The normalized spacial score (nSPS) is 25.0. The first-order valence-electron chi connectivity index (χ1n) is 6.46. The van der Waals surface area contributed by atoms with Crippen LogP contribution in [-0.2, 0) is 0 Å². The van der Waals surface area contributed by atoms with E-state index in [1.54, 1.807) is 12.1 Å². The monoisotopic (exact) mass is 236 g/mol. The van der Waals surface area contributed by atoms with Crippen molar-refractivity contribution in [1.82, 2.24) is 5.32 Å². The molecule has 0 aliphatic carbocycles. The van der Waals surface area contributed by atoms with Gasteiger partial charge in [0.2, 0.25) is 0 Å². The van der Waals surface area contributed by atoms with Gasteiger partial charge in [-0.25, -0.2) is 4.39 Å². The zero-order valence-electron chi connectivity index (χ0n) is 10.6. The van der Waals surface area contributed by atoms with Gasteiger partial charge in [0, 0.05) is 30.9 Å². The third-order valence-corrected chi connectivity index (χ3v) is 3.43. The van der Waals surface area contributed by atoms with E-state index in [2.05, 4.69) is 24.1 Å². The van der Waals surface area contributed by atoms with E-state index in [9.17, 15) is 4.39 Å². The van der Waals surface area contributed by atoms with E-state index >= 15 is 0 Å². The second-order valence-electron chi connectivity index (χ2n) is 4.88. The Morgan fingerprint density at radius 3 is 3.00 bits per heavy atom. The number of hydrogen-bond donors (Lipinski definition) is 1. The van der Waals surface area contributed by atoms with Crippen LogP contribution < -0.4 is 10.2 Å². The molecule has 1 aromatic rings. The maximum atomic E-state index is 13.3. The molecular weight excluding hydrogens is 215 g/mol. The van der Waals surface area contributed by atoms with Gasteiger partial charge >= 0.3 is 0 Å². The summed E-state index contributed by atoms with van der Waals surface area (Å²) in [6.45, 7) is 6.33. The maximum Gasteiger partial charge on any atom is 0.125 e.